The van der Waals surface area contributed by atoms with Gasteiger partial charge in [-0.3, -0.25) is 10.1 Å². The van der Waals surface area contributed by atoms with Crippen molar-refractivity contribution in [2.75, 3.05) is 6.54 Å². The highest BCUT2D eigenvalue weighted by Gasteiger charge is 2.26. The van der Waals surface area contributed by atoms with Gasteiger partial charge < -0.3 is 10.1 Å². The largest absolute Gasteiger partial charge is 0.489 e. The zero-order chi connectivity index (χ0) is 18.4. The minimum Gasteiger partial charge on any atom is -0.489 e. The van der Waals surface area contributed by atoms with E-state index in [1.54, 1.807) is 18.2 Å². The van der Waals surface area contributed by atoms with E-state index in [-0.39, 0.29) is 30.4 Å². The lowest BCUT2D eigenvalue weighted by Crippen LogP contribution is -2.47. The van der Waals surface area contributed by atoms with Crippen LogP contribution in [0.1, 0.15) is 43.4 Å². The van der Waals surface area contributed by atoms with E-state index in [2.05, 4.69) is 10.6 Å². The Morgan fingerprint density at radius 1 is 1.19 bits per heavy atom. The number of nitrogens with one attached hydrogen (secondary N) is 2. The summed E-state index contributed by atoms with van der Waals surface area (Å²) in [6, 6.07) is 14.5. The quantitative estimate of drug-likeness (QED) is 0.829. The lowest BCUT2D eigenvalue weighted by atomic mass is 9.93. The molecule has 1 aliphatic rings. The van der Waals surface area contributed by atoms with Gasteiger partial charge >= 0.3 is 0 Å². The van der Waals surface area contributed by atoms with Crippen molar-refractivity contribution >= 4 is 5.91 Å². The fourth-order valence-corrected chi connectivity index (χ4v) is 3.28. The van der Waals surface area contributed by atoms with Crippen LogP contribution in [-0.2, 0) is 11.4 Å². The molecule has 3 rings (SSSR count). The molecule has 0 saturated carbocycles. The van der Waals surface area contributed by atoms with Crippen molar-refractivity contribution < 1.29 is 13.9 Å². The SMILES string of the molecule is CCNC(=O)C1CCCC(c2ccc(OCc3ccccc3F)cc2)N1. The van der Waals surface area contributed by atoms with Gasteiger partial charge in [0.25, 0.3) is 0 Å². The van der Waals surface area contributed by atoms with E-state index in [1.807, 2.05) is 31.2 Å². The van der Waals surface area contributed by atoms with E-state index in [0.717, 1.165) is 24.8 Å². The van der Waals surface area contributed by atoms with Gasteiger partial charge in [0.2, 0.25) is 5.91 Å². The van der Waals surface area contributed by atoms with E-state index in [9.17, 15) is 9.18 Å². The molecule has 2 aromatic carbocycles. The van der Waals surface area contributed by atoms with Crippen LogP contribution in [-0.4, -0.2) is 18.5 Å². The second-order valence-corrected chi connectivity index (χ2v) is 6.55. The van der Waals surface area contributed by atoms with Gasteiger partial charge in [-0.25, -0.2) is 4.39 Å². The van der Waals surface area contributed by atoms with Crippen molar-refractivity contribution in [3.8, 4) is 5.75 Å². The standard InChI is InChI=1S/C21H25FN2O2/c1-2-23-21(25)20-9-5-8-19(24-20)15-10-12-17(13-11-15)26-14-16-6-3-4-7-18(16)22/h3-4,6-7,10-13,19-20,24H,2,5,8-9,14H2,1H3,(H,23,25). The van der Waals surface area contributed by atoms with Crippen molar-refractivity contribution in [3.63, 3.8) is 0 Å². The molecule has 26 heavy (non-hydrogen) atoms. The molecule has 0 aliphatic carbocycles. The maximum absolute atomic E-state index is 13.6. The number of benzene rings is 2. The van der Waals surface area contributed by atoms with Crippen molar-refractivity contribution in [2.45, 2.75) is 44.9 Å². The summed E-state index contributed by atoms with van der Waals surface area (Å²) >= 11 is 0. The minimum absolute atomic E-state index is 0.0713. The van der Waals surface area contributed by atoms with E-state index >= 15 is 0 Å². The molecule has 1 fully saturated rings. The third-order valence-corrected chi connectivity index (χ3v) is 4.69. The molecule has 4 nitrogen and oxygen atoms in total. The molecular weight excluding hydrogens is 331 g/mol. The van der Waals surface area contributed by atoms with Crippen molar-refractivity contribution in [1.82, 2.24) is 10.6 Å². The first kappa shape index (κ1) is 18.4. The molecule has 2 atom stereocenters. The van der Waals surface area contributed by atoms with Crippen LogP contribution in [0.3, 0.4) is 0 Å². The first-order chi connectivity index (χ1) is 12.7. The molecular formula is C21H25FN2O2. The maximum atomic E-state index is 13.6. The topological polar surface area (TPSA) is 50.4 Å². The molecule has 0 aromatic heterocycles. The highest BCUT2D eigenvalue weighted by atomic mass is 19.1. The second-order valence-electron chi connectivity index (χ2n) is 6.55. The summed E-state index contributed by atoms with van der Waals surface area (Å²) in [4.78, 5) is 12.1. The number of hydrogen-bond donors (Lipinski definition) is 2. The number of carbonyl (C=O) groups is 1. The molecule has 1 amide bonds. The van der Waals surface area contributed by atoms with Crippen molar-refractivity contribution in [1.29, 1.82) is 0 Å². The molecule has 1 heterocycles. The number of halogens is 1. The molecule has 5 heteroatoms. The fraction of sp³-hybridized carbons (Fsp3) is 0.381. The van der Waals surface area contributed by atoms with E-state index in [1.165, 1.54) is 6.07 Å². The molecule has 0 radical (unpaired) electrons. The van der Waals surface area contributed by atoms with E-state index in [4.69, 9.17) is 4.74 Å². The predicted octanol–water partition coefficient (Wildman–Crippen LogP) is 3.72. The van der Waals surface area contributed by atoms with Crippen LogP contribution in [0.2, 0.25) is 0 Å². The van der Waals surface area contributed by atoms with Crippen LogP contribution in [0.5, 0.6) is 5.75 Å². The maximum Gasteiger partial charge on any atom is 0.237 e. The summed E-state index contributed by atoms with van der Waals surface area (Å²) in [5.41, 5.74) is 1.67. The predicted molar refractivity (Wildman–Crippen MR) is 99.4 cm³/mol. The summed E-state index contributed by atoms with van der Waals surface area (Å²) < 4.78 is 19.3. The first-order valence-electron chi connectivity index (χ1n) is 9.17. The molecule has 2 unspecified atom stereocenters. The Labute approximate surface area is 153 Å². The number of piperidine rings is 1. The second kappa shape index (κ2) is 8.81. The third-order valence-electron chi connectivity index (χ3n) is 4.69. The van der Waals surface area contributed by atoms with Crippen LogP contribution in [0, 0.1) is 5.82 Å². The van der Waals surface area contributed by atoms with Gasteiger partial charge in [0.1, 0.15) is 18.2 Å². The van der Waals surface area contributed by atoms with Crippen molar-refractivity contribution in [3.05, 3.63) is 65.5 Å². The normalized spacial score (nSPS) is 19.8. The zero-order valence-electron chi connectivity index (χ0n) is 15.0. The highest BCUT2D eigenvalue weighted by molar-refractivity contribution is 5.81. The van der Waals surface area contributed by atoms with Gasteiger partial charge in [-0.1, -0.05) is 30.3 Å². The average molecular weight is 356 g/mol. The Morgan fingerprint density at radius 3 is 2.69 bits per heavy atom. The molecule has 2 N–H and O–H groups in total. The van der Waals surface area contributed by atoms with Crippen LogP contribution in [0.15, 0.2) is 48.5 Å². The fourth-order valence-electron chi connectivity index (χ4n) is 3.28. The Morgan fingerprint density at radius 2 is 1.96 bits per heavy atom. The summed E-state index contributed by atoms with van der Waals surface area (Å²) in [5.74, 6) is 0.516. The summed E-state index contributed by atoms with van der Waals surface area (Å²) in [5, 5.41) is 6.32. The van der Waals surface area contributed by atoms with Gasteiger partial charge in [0.05, 0.1) is 6.04 Å². The Bertz CT molecular complexity index is 733. The number of ether oxygens (including phenoxy) is 1. The van der Waals surface area contributed by atoms with Crippen LogP contribution < -0.4 is 15.4 Å². The summed E-state index contributed by atoms with van der Waals surface area (Å²) in [7, 11) is 0. The van der Waals surface area contributed by atoms with Crippen molar-refractivity contribution in [2.24, 2.45) is 0 Å². The Hall–Kier alpha value is -2.40. The summed E-state index contributed by atoms with van der Waals surface area (Å²) in [6.45, 7) is 2.78. The molecule has 2 aromatic rings. The van der Waals surface area contributed by atoms with E-state index < -0.39 is 0 Å². The lowest BCUT2D eigenvalue weighted by Gasteiger charge is -2.30. The molecule has 0 bridgehead atoms. The van der Waals surface area contributed by atoms with Crippen LogP contribution in [0.4, 0.5) is 4.39 Å². The average Bonchev–Trinajstić information content (AvgIpc) is 2.68. The van der Waals surface area contributed by atoms with Gasteiger partial charge in [-0.2, -0.15) is 0 Å². The Balaban J connectivity index is 1.58. The van der Waals surface area contributed by atoms with Crippen LogP contribution in [0.25, 0.3) is 0 Å². The van der Waals surface area contributed by atoms with Gasteiger partial charge in [-0.05, 0) is 49.9 Å². The minimum atomic E-state index is -0.257. The highest BCUT2D eigenvalue weighted by Crippen LogP contribution is 2.27. The first-order valence-corrected chi connectivity index (χ1v) is 9.17. The van der Waals surface area contributed by atoms with Gasteiger partial charge in [0.15, 0.2) is 0 Å². The Kier molecular flexibility index (Phi) is 6.23. The smallest absolute Gasteiger partial charge is 0.237 e. The molecule has 1 saturated heterocycles. The van der Waals surface area contributed by atoms with Gasteiger partial charge in [-0.15, -0.1) is 0 Å². The number of carbonyl (C=O) groups excluding carboxylic acids is 1. The monoisotopic (exact) mass is 356 g/mol. The van der Waals surface area contributed by atoms with Crippen LogP contribution >= 0.6 is 0 Å². The summed E-state index contributed by atoms with van der Waals surface area (Å²) in [6.07, 6.45) is 2.89. The molecule has 1 aliphatic heterocycles. The number of rotatable bonds is 6. The third kappa shape index (κ3) is 4.61. The number of amides is 1. The number of likely N-dealkylation sites (N-methyl/N-ethyl adjacent to an activating group) is 1. The lowest BCUT2D eigenvalue weighted by molar-refractivity contribution is -0.123. The van der Waals surface area contributed by atoms with E-state index in [0.29, 0.717) is 17.9 Å². The van der Waals surface area contributed by atoms with Gasteiger partial charge in [0, 0.05) is 18.2 Å². The zero-order valence-corrected chi connectivity index (χ0v) is 15.0. The molecule has 138 valence electrons. The molecule has 0 spiro atoms. The number of hydrogen-bond acceptors (Lipinski definition) is 3.